The average molecular weight is 360 g/mol. The van der Waals surface area contributed by atoms with E-state index in [4.69, 9.17) is 9.47 Å². The molecule has 0 radical (unpaired) electrons. The van der Waals surface area contributed by atoms with Gasteiger partial charge in [0.1, 0.15) is 5.75 Å². The monoisotopic (exact) mass is 360 g/mol. The third-order valence-electron chi connectivity index (χ3n) is 3.83. The van der Waals surface area contributed by atoms with Crippen LogP contribution < -0.4 is 4.74 Å². The first kappa shape index (κ1) is 19.2. The molecule has 0 heterocycles. The minimum atomic E-state index is -0.608. The van der Waals surface area contributed by atoms with Crippen LogP contribution in [0.15, 0.2) is 36.4 Å². The van der Waals surface area contributed by atoms with Crippen molar-refractivity contribution < 1.29 is 33.3 Å². The zero-order chi connectivity index (χ0) is 19.1. The molecule has 1 unspecified atom stereocenters. The summed E-state index contributed by atoms with van der Waals surface area (Å²) in [4.78, 5) is 34.2. The molecular formula is C19H20O7. The summed E-state index contributed by atoms with van der Waals surface area (Å²) in [5.74, 6) is -1.56. The van der Waals surface area contributed by atoms with Gasteiger partial charge in [-0.25, -0.2) is 9.59 Å². The molecule has 2 aromatic carbocycles. The molecule has 138 valence electrons. The number of methoxy groups -OCH3 is 2. The highest BCUT2D eigenvalue weighted by Gasteiger charge is 2.18. The molecule has 2 rings (SSSR count). The van der Waals surface area contributed by atoms with Crippen LogP contribution in [0.5, 0.6) is 5.75 Å². The maximum absolute atomic E-state index is 12.0. The first-order chi connectivity index (χ1) is 12.4. The molecule has 0 aliphatic carbocycles. The van der Waals surface area contributed by atoms with Crippen LogP contribution in [0, 0.1) is 0 Å². The van der Waals surface area contributed by atoms with Crippen molar-refractivity contribution in [2.75, 3.05) is 27.4 Å². The number of hydrogen-bond donors (Lipinski definition) is 0. The molecule has 0 bridgehead atoms. The third-order valence-corrected chi connectivity index (χ3v) is 3.83. The Balaban J connectivity index is 2.09. The van der Waals surface area contributed by atoms with Crippen LogP contribution in [-0.4, -0.2) is 45.3 Å². The molecule has 26 heavy (non-hydrogen) atoms. The Labute approximate surface area is 150 Å². The van der Waals surface area contributed by atoms with Crippen LogP contribution in [0.3, 0.4) is 0 Å². The van der Waals surface area contributed by atoms with Gasteiger partial charge < -0.3 is 18.9 Å². The first-order valence-electron chi connectivity index (χ1n) is 7.91. The summed E-state index contributed by atoms with van der Waals surface area (Å²) < 4.78 is 19.3. The molecule has 0 aromatic heterocycles. The lowest BCUT2D eigenvalue weighted by atomic mass is 9.98. The van der Waals surface area contributed by atoms with E-state index in [0.29, 0.717) is 5.75 Å². The number of carbonyl (C=O) groups excluding carboxylic acids is 3. The van der Waals surface area contributed by atoms with Crippen molar-refractivity contribution in [1.29, 1.82) is 0 Å². The van der Waals surface area contributed by atoms with Gasteiger partial charge >= 0.3 is 17.9 Å². The highest BCUT2D eigenvalue weighted by molar-refractivity contribution is 5.87. The summed E-state index contributed by atoms with van der Waals surface area (Å²) in [5.41, 5.74) is 0.760. The fourth-order valence-corrected chi connectivity index (χ4v) is 2.25. The lowest BCUT2D eigenvalue weighted by Crippen LogP contribution is -2.19. The molecule has 0 fully saturated rings. The fourth-order valence-electron chi connectivity index (χ4n) is 2.25. The topological polar surface area (TPSA) is 88.1 Å². The molecule has 0 spiro atoms. The second-order valence-corrected chi connectivity index (χ2v) is 5.54. The SMILES string of the molecule is COC(=O)COC(=O)C(C)c1ccc2cc(OCC(=O)OC)ccc2c1. The number of hydrogen-bond acceptors (Lipinski definition) is 7. The van der Waals surface area contributed by atoms with Gasteiger partial charge in [0, 0.05) is 0 Å². The van der Waals surface area contributed by atoms with Crippen LogP contribution in [0.25, 0.3) is 10.8 Å². The molecule has 7 heteroatoms. The highest BCUT2D eigenvalue weighted by Crippen LogP contribution is 2.26. The maximum Gasteiger partial charge on any atom is 0.344 e. The lowest BCUT2D eigenvalue weighted by Gasteiger charge is -2.12. The van der Waals surface area contributed by atoms with Gasteiger partial charge in [-0.15, -0.1) is 0 Å². The van der Waals surface area contributed by atoms with Crippen molar-refractivity contribution in [3.8, 4) is 5.75 Å². The number of esters is 3. The highest BCUT2D eigenvalue weighted by atomic mass is 16.6. The smallest absolute Gasteiger partial charge is 0.344 e. The fraction of sp³-hybridized carbons (Fsp3) is 0.316. The van der Waals surface area contributed by atoms with Crippen molar-refractivity contribution in [1.82, 2.24) is 0 Å². The minimum Gasteiger partial charge on any atom is -0.482 e. The standard InChI is InChI=1S/C19H20O7/c1-12(19(22)26-11-18(21)24-3)13-4-5-15-9-16(7-6-14(15)8-13)25-10-17(20)23-2/h4-9,12H,10-11H2,1-3H3. The van der Waals surface area contributed by atoms with Crippen molar-refractivity contribution in [3.05, 3.63) is 42.0 Å². The number of fused-ring (bicyclic) bond motifs is 1. The number of carbonyl (C=O) groups is 3. The Morgan fingerprint density at radius 3 is 2.19 bits per heavy atom. The molecule has 0 saturated heterocycles. The van der Waals surface area contributed by atoms with Gasteiger partial charge in [-0.1, -0.05) is 24.3 Å². The van der Waals surface area contributed by atoms with Gasteiger partial charge in [0.15, 0.2) is 13.2 Å². The molecule has 2 aromatic rings. The summed E-state index contributed by atoms with van der Waals surface area (Å²) in [5, 5.41) is 1.80. The van der Waals surface area contributed by atoms with E-state index in [1.54, 1.807) is 25.1 Å². The quantitative estimate of drug-likeness (QED) is 0.552. The maximum atomic E-state index is 12.0. The van der Waals surface area contributed by atoms with Crippen molar-refractivity contribution in [3.63, 3.8) is 0 Å². The van der Waals surface area contributed by atoms with E-state index in [0.717, 1.165) is 16.3 Å². The summed E-state index contributed by atoms with van der Waals surface area (Å²) in [6.45, 7) is 1.13. The second kappa shape index (κ2) is 8.84. The zero-order valence-corrected chi connectivity index (χ0v) is 14.8. The molecule has 0 N–H and O–H groups in total. The van der Waals surface area contributed by atoms with E-state index in [1.807, 2.05) is 18.2 Å². The molecule has 7 nitrogen and oxygen atoms in total. The van der Waals surface area contributed by atoms with Gasteiger partial charge in [-0.2, -0.15) is 0 Å². The first-order valence-corrected chi connectivity index (χ1v) is 7.91. The Bertz CT molecular complexity index is 813. The summed E-state index contributed by atoms with van der Waals surface area (Å²) >= 11 is 0. The Morgan fingerprint density at radius 2 is 1.50 bits per heavy atom. The van der Waals surface area contributed by atoms with E-state index < -0.39 is 30.4 Å². The van der Waals surface area contributed by atoms with E-state index in [-0.39, 0.29) is 6.61 Å². The van der Waals surface area contributed by atoms with Crippen LogP contribution in [0.2, 0.25) is 0 Å². The lowest BCUT2D eigenvalue weighted by molar-refractivity contribution is -0.157. The van der Waals surface area contributed by atoms with E-state index in [2.05, 4.69) is 9.47 Å². The number of rotatable bonds is 7. The molecule has 0 saturated carbocycles. The van der Waals surface area contributed by atoms with Crippen molar-refractivity contribution >= 4 is 28.7 Å². The Hall–Kier alpha value is -3.09. The van der Waals surface area contributed by atoms with Crippen LogP contribution in [-0.2, 0) is 28.6 Å². The van der Waals surface area contributed by atoms with Gasteiger partial charge in [0.2, 0.25) is 0 Å². The summed E-state index contributed by atoms with van der Waals surface area (Å²) in [6, 6.07) is 10.9. The number of ether oxygens (including phenoxy) is 4. The molecule has 0 aliphatic rings. The molecule has 0 amide bonds. The number of benzene rings is 2. The normalized spacial score (nSPS) is 11.5. The second-order valence-electron chi connectivity index (χ2n) is 5.54. The van der Waals surface area contributed by atoms with Gasteiger partial charge in [0.25, 0.3) is 0 Å². The van der Waals surface area contributed by atoms with Gasteiger partial charge in [-0.3, -0.25) is 4.79 Å². The molecular weight excluding hydrogens is 340 g/mol. The predicted octanol–water partition coefficient (Wildman–Crippen LogP) is 2.21. The predicted molar refractivity (Wildman–Crippen MR) is 92.8 cm³/mol. The van der Waals surface area contributed by atoms with E-state index >= 15 is 0 Å². The summed E-state index contributed by atoms with van der Waals surface area (Å²) in [6.07, 6.45) is 0. The largest absolute Gasteiger partial charge is 0.482 e. The Morgan fingerprint density at radius 1 is 0.885 bits per heavy atom. The van der Waals surface area contributed by atoms with Crippen molar-refractivity contribution in [2.24, 2.45) is 0 Å². The molecule has 0 aliphatic heterocycles. The van der Waals surface area contributed by atoms with Crippen molar-refractivity contribution in [2.45, 2.75) is 12.8 Å². The zero-order valence-electron chi connectivity index (χ0n) is 14.8. The van der Waals surface area contributed by atoms with Crippen LogP contribution in [0.1, 0.15) is 18.4 Å². The molecule has 1 atom stereocenters. The third kappa shape index (κ3) is 4.95. The minimum absolute atomic E-state index is 0.164. The van der Waals surface area contributed by atoms with E-state index in [9.17, 15) is 14.4 Å². The van der Waals surface area contributed by atoms with E-state index in [1.165, 1.54) is 14.2 Å². The van der Waals surface area contributed by atoms with Gasteiger partial charge in [0.05, 0.1) is 20.1 Å². The van der Waals surface area contributed by atoms with Crippen LogP contribution in [0.4, 0.5) is 0 Å². The summed E-state index contributed by atoms with van der Waals surface area (Å²) in [7, 11) is 2.52. The van der Waals surface area contributed by atoms with Gasteiger partial charge in [-0.05, 0) is 35.4 Å². The average Bonchev–Trinajstić information content (AvgIpc) is 2.68. The Kier molecular flexibility index (Phi) is 6.54. The van der Waals surface area contributed by atoms with Crippen LogP contribution >= 0.6 is 0 Å².